The molecule has 1 aromatic rings. The second kappa shape index (κ2) is 3.02. The fourth-order valence-electron chi connectivity index (χ4n) is 1.22. The van der Waals surface area contributed by atoms with Crippen molar-refractivity contribution in [3.63, 3.8) is 0 Å². The van der Waals surface area contributed by atoms with Crippen molar-refractivity contribution in [1.82, 2.24) is 0 Å². The Kier molecular flexibility index (Phi) is 1.85. The Hall–Kier alpha value is -2.04. The molecule has 0 aliphatic carbocycles. The van der Waals surface area contributed by atoms with Crippen LogP contribution in [-0.2, 0) is 4.79 Å². The molecule has 0 fully saturated rings. The molecule has 0 unspecified atom stereocenters. The molecule has 1 aliphatic heterocycles. The van der Waals surface area contributed by atoms with Crippen molar-refractivity contribution >= 4 is 17.6 Å². The highest BCUT2D eigenvalue weighted by Crippen LogP contribution is 2.28. The number of esters is 1. The minimum atomic E-state index is -1.01. The van der Waals surface area contributed by atoms with Gasteiger partial charge in [0, 0.05) is 0 Å². The lowest BCUT2D eigenvalue weighted by atomic mass is 10.1. The highest BCUT2D eigenvalue weighted by molar-refractivity contribution is 5.91. The Balaban J connectivity index is 2.41. The van der Waals surface area contributed by atoms with Crippen LogP contribution in [0.3, 0.4) is 0 Å². The molecule has 0 radical (unpaired) electrons. The van der Waals surface area contributed by atoms with Crippen molar-refractivity contribution in [1.29, 1.82) is 0 Å². The molecule has 0 bridgehead atoms. The first-order valence-electron chi connectivity index (χ1n) is 3.99. The Labute approximate surface area is 79.3 Å². The normalized spacial score (nSPS) is 13.9. The second-order valence-corrected chi connectivity index (χ2v) is 2.84. The third-order valence-electron chi connectivity index (χ3n) is 1.87. The van der Waals surface area contributed by atoms with E-state index in [1.54, 1.807) is 0 Å². The van der Waals surface area contributed by atoms with Crippen molar-refractivity contribution in [2.45, 2.75) is 0 Å². The summed E-state index contributed by atoms with van der Waals surface area (Å²) >= 11 is 0. The first-order chi connectivity index (χ1) is 6.66. The van der Waals surface area contributed by atoms with E-state index >= 15 is 0 Å². The SMILES string of the molecule is O=C1CNc2cc(C(=O)O)ccc2O1. The van der Waals surface area contributed by atoms with Crippen LogP contribution in [0.1, 0.15) is 10.4 Å². The Bertz CT molecular complexity index is 413. The van der Waals surface area contributed by atoms with Gasteiger partial charge in [-0.05, 0) is 18.2 Å². The molecule has 1 aromatic carbocycles. The number of fused-ring (bicyclic) bond motifs is 1. The predicted molar refractivity (Wildman–Crippen MR) is 47.5 cm³/mol. The van der Waals surface area contributed by atoms with Crippen LogP contribution in [0.25, 0.3) is 0 Å². The van der Waals surface area contributed by atoms with E-state index in [9.17, 15) is 9.59 Å². The molecule has 0 saturated carbocycles. The maximum Gasteiger partial charge on any atom is 0.335 e. The molecule has 5 heteroatoms. The van der Waals surface area contributed by atoms with Gasteiger partial charge in [0.2, 0.25) is 0 Å². The van der Waals surface area contributed by atoms with Gasteiger partial charge in [-0.2, -0.15) is 0 Å². The van der Waals surface area contributed by atoms with Crippen LogP contribution in [0.5, 0.6) is 5.75 Å². The van der Waals surface area contributed by atoms with Crippen molar-refractivity contribution in [3.05, 3.63) is 23.8 Å². The van der Waals surface area contributed by atoms with E-state index in [4.69, 9.17) is 9.84 Å². The highest BCUT2D eigenvalue weighted by atomic mass is 16.5. The van der Waals surface area contributed by atoms with Crippen LogP contribution in [0.15, 0.2) is 18.2 Å². The number of hydrogen-bond acceptors (Lipinski definition) is 4. The Morgan fingerprint density at radius 2 is 2.29 bits per heavy atom. The molecule has 0 spiro atoms. The Morgan fingerprint density at radius 1 is 1.50 bits per heavy atom. The van der Waals surface area contributed by atoms with Crippen LogP contribution < -0.4 is 10.1 Å². The quantitative estimate of drug-likeness (QED) is 0.507. The van der Waals surface area contributed by atoms with Gasteiger partial charge < -0.3 is 15.2 Å². The van der Waals surface area contributed by atoms with Crippen LogP contribution in [0.2, 0.25) is 0 Å². The molecular weight excluding hydrogens is 186 g/mol. The average Bonchev–Trinajstić information content (AvgIpc) is 2.16. The molecule has 14 heavy (non-hydrogen) atoms. The van der Waals surface area contributed by atoms with Gasteiger partial charge in [0.25, 0.3) is 0 Å². The lowest BCUT2D eigenvalue weighted by molar-refractivity contribution is -0.132. The third kappa shape index (κ3) is 1.39. The number of carboxylic acid groups (broad SMARTS) is 1. The molecular formula is C9H7NO4. The van der Waals surface area contributed by atoms with Crippen LogP contribution >= 0.6 is 0 Å². The van der Waals surface area contributed by atoms with Gasteiger partial charge in [-0.25, -0.2) is 9.59 Å². The third-order valence-corrected chi connectivity index (χ3v) is 1.87. The monoisotopic (exact) mass is 193 g/mol. The summed E-state index contributed by atoms with van der Waals surface area (Å²) in [5.41, 5.74) is 0.693. The van der Waals surface area contributed by atoms with E-state index in [0.717, 1.165) is 0 Å². The summed E-state index contributed by atoms with van der Waals surface area (Å²) in [5, 5.41) is 11.5. The molecule has 2 N–H and O–H groups in total. The molecule has 5 nitrogen and oxygen atoms in total. The van der Waals surface area contributed by atoms with Gasteiger partial charge in [0.15, 0.2) is 5.75 Å². The number of carbonyl (C=O) groups is 2. The van der Waals surface area contributed by atoms with Crippen molar-refractivity contribution in [2.24, 2.45) is 0 Å². The first kappa shape index (κ1) is 8.55. The summed E-state index contributed by atoms with van der Waals surface area (Å²) in [5.74, 6) is -1.02. The van der Waals surface area contributed by atoms with Gasteiger partial charge in [-0.15, -0.1) is 0 Å². The molecule has 0 saturated heterocycles. The number of carbonyl (C=O) groups excluding carboxylic acids is 1. The lowest BCUT2D eigenvalue weighted by Crippen LogP contribution is -2.25. The minimum Gasteiger partial charge on any atom is -0.478 e. The number of rotatable bonds is 1. The fraction of sp³-hybridized carbons (Fsp3) is 0.111. The first-order valence-corrected chi connectivity index (χ1v) is 3.99. The average molecular weight is 193 g/mol. The zero-order chi connectivity index (χ0) is 10.1. The number of nitrogens with one attached hydrogen (secondary N) is 1. The van der Waals surface area contributed by atoms with E-state index in [-0.39, 0.29) is 18.1 Å². The predicted octanol–water partition coefficient (Wildman–Crippen LogP) is 0.716. The topological polar surface area (TPSA) is 75.6 Å². The van der Waals surface area contributed by atoms with Crippen LogP contribution in [-0.4, -0.2) is 23.6 Å². The van der Waals surface area contributed by atoms with Gasteiger partial charge >= 0.3 is 11.9 Å². The van der Waals surface area contributed by atoms with E-state index < -0.39 is 5.97 Å². The zero-order valence-electron chi connectivity index (χ0n) is 7.11. The summed E-state index contributed by atoms with van der Waals surface area (Å²) in [6.07, 6.45) is 0. The number of carboxylic acids is 1. The number of aromatic carboxylic acids is 1. The summed E-state index contributed by atoms with van der Waals surface area (Å²) < 4.78 is 4.87. The smallest absolute Gasteiger partial charge is 0.335 e. The molecule has 2 rings (SSSR count). The zero-order valence-corrected chi connectivity index (χ0v) is 7.11. The van der Waals surface area contributed by atoms with E-state index in [1.165, 1.54) is 18.2 Å². The number of benzene rings is 1. The number of anilines is 1. The summed E-state index contributed by atoms with van der Waals surface area (Å²) in [6, 6.07) is 4.29. The number of hydrogen-bond donors (Lipinski definition) is 2. The minimum absolute atomic E-state index is 0.0655. The van der Waals surface area contributed by atoms with Crippen LogP contribution in [0, 0.1) is 0 Å². The fourth-order valence-corrected chi connectivity index (χ4v) is 1.22. The van der Waals surface area contributed by atoms with Gasteiger partial charge in [0.05, 0.1) is 11.3 Å². The van der Waals surface area contributed by atoms with Crippen molar-refractivity contribution < 1.29 is 19.4 Å². The molecule has 1 aliphatic rings. The maximum absolute atomic E-state index is 10.8. The molecule has 1 heterocycles. The highest BCUT2D eigenvalue weighted by Gasteiger charge is 2.17. The standard InChI is InChI=1S/C9H7NO4/c11-8-4-10-6-3-5(9(12)13)1-2-7(6)14-8/h1-3,10H,4H2,(H,12,13). The van der Waals surface area contributed by atoms with Crippen LogP contribution in [0.4, 0.5) is 5.69 Å². The second-order valence-electron chi connectivity index (χ2n) is 2.84. The molecule has 0 amide bonds. The largest absolute Gasteiger partial charge is 0.478 e. The van der Waals surface area contributed by atoms with Gasteiger partial charge in [0.1, 0.15) is 6.54 Å². The van der Waals surface area contributed by atoms with Gasteiger partial charge in [-0.1, -0.05) is 0 Å². The van der Waals surface area contributed by atoms with Gasteiger partial charge in [-0.3, -0.25) is 0 Å². The van der Waals surface area contributed by atoms with Crippen molar-refractivity contribution in [2.75, 3.05) is 11.9 Å². The Morgan fingerprint density at radius 3 is 3.00 bits per heavy atom. The van der Waals surface area contributed by atoms with E-state index in [0.29, 0.717) is 11.4 Å². The van der Waals surface area contributed by atoms with E-state index in [1.807, 2.05) is 0 Å². The molecule has 72 valence electrons. The summed E-state index contributed by atoms with van der Waals surface area (Å²) in [6.45, 7) is 0.0655. The lowest BCUT2D eigenvalue weighted by Gasteiger charge is -2.17. The summed E-state index contributed by atoms with van der Waals surface area (Å²) in [7, 11) is 0. The van der Waals surface area contributed by atoms with Crippen molar-refractivity contribution in [3.8, 4) is 5.75 Å². The van der Waals surface area contributed by atoms with E-state index in [2.05, 4.69) is 5.32 Å². The maximum atomic E-state index is 10.8. The molecule has 0 atom stereocenters. The molecule has 0 aromatic heterocycles. The number of ether oxygens (including phenoxy) is 1. The summed E-state index contributed by atoms with van der Waals surface area (Å²) in [4.78, 5) is 21.5.